The summed E-state index contributed by atoms with van der Waals surface area (Å²) in [5.74, 6) is -1.15. The quantitative estimate of drug-likeness (QED) is 0.0297. The maximum Gasteiger partial charge on any atom is 0.472 e. The molecule has 0 aliphatic carbocycles. The highest BCUT2D eigenvalue weighted by atomic mass is 31.2. The molecule has 2 heterocycles. The minimum atomic E-state index is -4.85. The van der Waals surface area contributed by atoms with Crippen LogP contribution in [0.25, 0.3) is 5.52 Å². The minimum Gasteiger partial charge on any atom is -0.486 e. The summed E-state index contributed by atoms with van der Waals surface area (Å²) in [6.45, 7) is 4.33. The highest BCUT2D eigenvalue weighted by Crippen LogP contribution is 2.45. The first kappa shape index (κ1) is 49.7. The third-order valence-corrected chi connectivity index (χ3v) is 11.0. The topological polar surface area (TPSA) is 217 Å². The number of hydrogen-bond acceptors (Lipinski definition) is 13. The fourth-order valence-electron chi connectivity index (χ4n) is 6.74. The SMILES string of the molecule is CCCCCCCCCCCCCCCCCCOC[C@H](COP(=O)(O)OC[C@@](C#N)(OC)[C@H](Cc1ccc2c(N)ncnn12)OC(C)(C)O)Oc1cccc(C#N)c1. The molecule has 328 valence electrons. The van der Waals surface area contributed by atoms with E-state index in [4.69, 9.17) is 33.7 Å². The molecular formula is C43H67N6O9P. The van der Waals surface area contributed by atoms with Crippen LogP contribution in [-0.4, -0.2) is 81.7 Å². The molecule has 4 atom stereocenters. The Hall–Kier alpha value is -3.63. The number of phosphoric acid groups is 1. The molecule has 0 amide bonds. The number of nitriles is 2. The van der Waals surface area contributed by atoms with Crippen molar-refractivity contribution < 1.29 is 42.6 Å². The summed E-state index contributed by atoms with van der Waals surface area (Å²) in [6, 6.07) is 14.0. The zero-order chi connectivity index (χ0) is 43.0. The zero-order valence-corrected chi connectivity index (χ0v) is 36.5. The Balaban J connectivity index is 1.50. The first-order valence-corrected chi connectivity index (χ1v) is 22.6. The molecule has 1 unspecified atom stereocenters. The van der Waals surface area contributed by atoms with E-state index in [1.807, 2.05) is 6.07 Å². The Morgan fingerprint density at radius 3 is 2.10 bits per heavy atom. The average Bonchev–Trinajstić information content (AvgIpc) is 3.63. The van der Waals surface area contributed by atoms with Gasteiger partial charge in [0.1, 0.15) is 42.5 Å². The van der Waals surface area contributed by atoms with Crippen LogP contribution in [0.2, 0.25) is 0 Å². The predicted octanol–water partition coefficient (Wildman–Crippen LogP) is 8.61. The van der Waals surface area contributed by atoms with Gasteiger partial charge in [-0.1, -0.05) is 109 Å². The molecule has 4 N–H and O–H groups in total. The summed E-state index contributed by atoms with van der Waals surface area (Å²) in [5.41, 5.74) is 5.41. The number of rotatable bonds is 33. The van der Waals surface area contributed by atoms with Crippen LogP contribution in [0.3, 0.4) is 0 Å². The first-order chi connectivity index (χ1) is 28.3. The molecule has 59 heavy (non-hydrogen) atoms. The third-order valence-electron chi connectivity index (χ3n) is 10.0. The average molecular weight is 843 g/mol. The van der Waals surface area contributed by atoms with Gasteiger partial charge in [0.15, 0.2) is 11.6 Å². The lowest BCUT2D eigenvalue weighted by molar-refractivity contribution is -0.244. The van der Waals surface area contributed by atoms with E-state index in [2.05, 4.69) is 23.1 Å². The van der Waals surface area contributed by atoms with Crippen LogP contribution in [0.15, 0.2) is 42.7 Å². The molecule has 3 aromatic rings. The van der Waals surface area contributed by atoms with Gasteiger partial charge in [0.2, 0.25) is 5.60 Å². The molecule has 15 nitrogen and oxygen atoms in total. The van der Waals surface area contributed by atoms with Gasteiger partial charge in [-0.3, -0.25) is 9.05 Å². The van der Waals surface area contributed by atoms with E-state index in [-0.39, 0.29) is 18.8 Å². The molecular weight excluding hydrogens is 775 g/mol. The molecule has 0 saturated carbocycles. The van der Waals surface area contributed by atoms with Crippen molar-refractivity contribution in [1.82, 2.24) is 14.6 Å². The standard InChI is InChI=1S/C43H67N6O9P/c1-5-6-7-8-9-10-11-12-13-14-15-16-17-18-19-20-26-54-30-38(57-37-23-21-22-35(27-37)29-44)31-55-59(51,52)56-33-43(32-45,53-4)40(58-42(2,3)50)28-36-24-25-39-41(46)47-34-48-49(36)39/h21-25,27,34,38,40,50H,5-20,26,28,30-31,33H2,1-4H3,(H,51,52)(H2,46,47,48)/t38-,40+,43-/m1/s1. The van der Waals surface area contributed by atoms with Crippen molar-refractivity contribution in [1.29, 1.82) is 10.5 Å². The summed E-state index contributed by atoms with van der Waals surface area (Å²) < 4.78 is 49.0. The largest absolute Gasteiger partial charge is 0.486 e. The number of nitrogen functional groups attached to an aromatic ring is 1. The van der Waals surface area contributed by atoms with Gasteiger partial charge in [-0.05, 0) is 50.6 Å². The van der Waals surface area contributed by atoms with E-state index in [9.17, 15) is 25.1 Å². The molecule has 0 saturated heterocycles. The summed E-state index contributed by atoms with van der Waals surface area (Å²) >= 11 is 0. The molecule has 0 aliphatic heterocycles. The van der Waals surface area contributed by atoms with Gasteiger partial charge in [-0.2, -0.15) is 15.6 Å². The van der Waals surface area contributed by atoms with Crippen molar-refractivity contribution in [3.8, 4) is 17.9 Å². The van der Waals surface area contributed by atoms with Crippen LogP contribution in [0.1, 0.15) is 135 Å². The van der Waals surface area contributed by atoms with Crippen molar-refractivity contribution in [2.24, 2.45) is 0 Å². The second-order valence-electron chi connectivity index (χ2n) is 15.5. The number of nitrogens with two attached hydrogens (primary N) is 1. The van der Waals surface area contributed by atoms with Gasteiger partial charge in [-0.15, -0.1) is 0 Å². The number of phosphoric ester groups is 1. The molecule has 0 fully saturated rings. The van der Waals surface area contributed by atoms with Crippen LogP contribution < -0.4 is 10.5 Å². The Labute approximate surface area is 350 Å². The molecule has 0 bridgehead atoms. The van der Waals surface area contributed by atoms with Gasteiger partial charge in [-0.25, -0.2) is 14.1 Å². The van der Waals surface area contributed by atoms with E-state index < -0.39 is 44.6 Å². The number of nitrogens with zero attached hydrogens (tertiary/aromatic N) is 5. The zero-order valence-electron chi connectivity index (χ0n) is 35.6. The highest BCUT2D eigenvalue weighted by Gasteiger charge is 2.46. The molecule has 0 aliphatic rings. The first-order valence-electron chi connectivity index (χ1n) is 21.2. The Morgan fingerprint density at radius 1 is 0.898 bits per heavy atom. The summed E-state index contributed by atoms with van der Waals surface area (Å²) in [6.07, 6.45) is 19.5. The number of ether oxygens (including phenoxy) is 4. The lowest BCUT2D eigenvalue weighted by Crippen LogP contribution is -2.52. The minimum absolute atomic E-state index is 0.0383. The van der Waals surface area contributed by atoms with Crippen molar-refractivity contribution >= 4 is 19.2 Å². The van der Waals surface area contributed by atoms with Crippen molar-refractivity contribution in [3.63, 3.8) is 0 Å². The van der Waals surface area contributed by atoms with Crippen LogP contribution in [0.5, 0.6) is 5.75 Å². The van der Waals surface area contributed by atoms with Gasteiger partial charge in [0.05, 0.1) is 24.8 Å². The molecule has 0 radical (unpaired) electrons. The van der Waals surface area contributed by atoms with Crippen molar-refractivity contribution in [3.05, 3.63) is 54.0 Å². The summed E-state index contributed by atoms with van der Waals surface area (Å²) in [7, 11) is -3.63. The van der Waals surface area contributed by atoms with E-state index in [0.29, 0.717) is 29.1 Å². The monoisotopic (exact) mass is 842 g/mol. The number of aliphatic hydroxyl groups is 1. The molecule has 2 aromatic heterocycles. The fraction of sp³-hybridized carbons (Fsp3) is 0.674. The molecule has 1 aromatic carbocycles. The number of hydrogen-bond donors (Lipinski definition) is 3. The van der Waals surface area contributed by atoms with Gasteiger partial charge < -0.3 is 34.7 Å². The second kappa shape index (κ2) is 26.6. The van der Waals surface area contributed by atoms with Crippen molar-refractivity contribution in [2.45, 2.75) is 154 Å². The maximum absolute atomic E-state index is 13.3. The number of anilines is 1. The smallest absolute Gasteiger partial charge is 0.472 e. The van der Waals surface area contributed by atoms with Gasteiger partial charge >= 0.3 is 7.82 Å². The number of unbranched alkanes of at least 4 members (excludes halogenated alkanes) is 15. The van der Waals surface area contributed by atoms with Crippen molar-refractivity contribution in [2.75, 3.05) is 39.3 Å². The molecule has 0 spiro atoms. The number of benzene rings is 1. The molecule has 3 rings (SSSR count). The third kappa shape index (κ3) is 18.7. The summed E-state index contributed by atoms with van der Waals surface area (Å²) in [4.78, 5) is 14.8. The Bertz CT molecular complexity index is 1770. The van der Waals surface area contributed by atoms with Crippen LogP contribution >= 0.6 is 7.82 Å². The van der Waals surface area contributed by atoms with Crippen LogP contribution in [0.4, 0.5) is 5.82 Å². The normalized spacial score (nSPS) is 14.9. The lowest BCUT2D eigenvalue weighted by Gasteiger charge is -2.36. The van der Waals surface area contributed by atoms with Crippen LogP contribution in [-0.2, 0) is 34.2 Å². The maximum atomic E-state index is 13.3. The Kier molecular flexibility index (Phi) is 22.4. The summed E-state index contributed by atoms with van der Waals surface area (Å²) in [5, 5.41) is 34.6. The number of aromatic nitrogens is 3. The van der Waals surface area contributed by atoms with E-state index in [1.54, 1.807) is 36.4 Å². The van der Waals surface area contributed by atoms with E-state index in [1.165, 1.54) is 115 Å². The van der Waals surface area contributed by atoms with Gasteiger partial charge in [0, 0.05) is 25.8 Å². The Morgan fingerprint density at radius 2 is 1.53 bits per heavy atom. The number of methoxy groups -OCH3 is 1. The fourth-order valence-corrected chi connectivity index (χ4v) is 7.53. The predicted molar refractivity (Wildman–Crippen MR) is 225 cm³/mol. The van der Waals surface area contributed by atoms with Gasteiger partial charge in [0.25, 0.3) is 0 Å². The number of fused-ring (bicyclic) bond motifs is 1. The lowest BCUT2D eigenvalue weighted by atomic mass is 9.94. The highest BCUT2D eigenvalue weighted by molar-refractivity contribution is 7.47. The molecule has 16 heteroatoms. The van der Waals surface area contributed by atoms with E-state index in [0.717, 1.165) is 19.3 Å². The van der Waals surface area contributed by atoms with E-state index >= 15 is 0 Å². The van der Waals surface area contributed by atoms with Crippen LogP contribution in [0, 0.1) is 22.7 Å². The second-order valence-corrected chi connectivity index (χ2v) is 17.0.